The Morgan fingerprint density at radius 3 is 2.10 bits per heavy atom. The van der Waals surface area contributed by atoms with Crippen LogP contribution in [-0.4, -0.2) is 46.8 Å². The molecule has 5 nitrogen and oxygen atoms in total. The molecule has 6 heteroatoms. The zero-order chi connectivity index (χ0) is 14.6. The molecule has 1 aromatic carbocycles. The summed E-state index contributed by atoms with van der Waals surface area (Å²) in [4.78, 5) is 0. The van der Waals surface area contributed by atoms with Crippen LogP contribution in [0.5, 0.6) is 0 Å². The third-order valence-corrected chi connectivity index (χ3v) is 2.42. The quantitative estimate of drug-likeness (QED) is 0.495. The molecule has 2 N–H and O–H groups in total. The minimum atomic E-state index is -0.354. The lowest BCUT2D eigenvalue weighted by Gasteiger charge is -2.07. The molecule has 1 aromatic rings. The monoisotopic (exact) mass is 287 g/mol. The van der Waals surface area contributed by atoms with Gasteiger partial charge in [0, 0.05) is 12.8 Å². The molecule has 20 heavy (non-hydrogen) atoms. The number of nitrogen functional groups attached to an aromatic ring is 1. The molecule has 0 saturated heterocycles. The Balaban J connectivity index is 1.97. The second-order valence-electron chi connectivity index (χ2n) is 4.16. The van der Waals surface area contributed by atoms with E-state index in [1.807, 2.05) is 0 Å². The number of methoxy groups -OCH3 is 1. The maximum atomic E-state index is 13.0. The van der Waals surface area contributed by atoms with E-state index in [2.05, 4.69) is 0 Å². The van der Waals surface area contributed by atoms with Crippen LogP contribution in [0, 0.1) is 5.82 Å². The fraction of sp³-hybridized carbons (Fsp3) is 0.571. The van der Waals surface area contributed by atoms with Crippen molar-refractivity contribution in [1.82, 2.24) is 0 Å². The Morgan fingerprint density at radius 2 is 1.50 bits per heavy atom. The fourth-order valence-corrected chi connectivity index (χ4v) is 1.53. The van der Waals surface area contributed by atoms with Crippen LogP contribution < -0.4 is 5.73 Å². The molecule has 0 fully saturated rings. The van der Waals surface area contributed by atoms with E-state index in [9.17, 15) is 4.39 Å². The van der Waals surface area contributed by atoms with Gasteiger partial charge in [0.2, 0.25) is 0 Å². The summed E-state index contributed by atoms with van der Waals surface area (Å²) >= 11 is 0. The van der Waals surface area contributed by atoms with Crippen molar-refractivity contribution in [3.05, 3.63) is 29.6 Å². The van der Waals surface area contributed by atoms with Crippen LogP contribution in [0.1, 0.15) is 5.56 Å². The number of nitrogens with two attached hydrogens (primary N) is 1. The van der Waals surface area contributed by atoms with Gasteiger partial charge in [-0.05, 0) is 23.8 Å². The van der Waals surface area contributed by atoms with E-state index in [-0.39, 0.29) is 5.82 Å². The summed E-state index contributed by atoms with van der Waals surface area (Å²) in [5, 5.41) is 0. The molecular weight excluding hydrogens is 265 g/mol. The highest BCUT2D eigenvalue weighted by molar-refractivity contribution is 5.41. The second-order valence-corrected chi connectivity index (χ2v) is 4.16. The number of ether oxygens (including phenoxy) is 4. The maximum absolute atomic E-state index is 13.0. The van der Waals surface area contributed by atoms with Crippen LogP contribution in [-0.2, 0) is 25.6 Å². The average molecular weight is 287 g/mol. The molecule has 0 bridgehead atoms. The number of anilines is 1. The van der Waals surface area contributed by atoms with Crippen LogP contribution in [0.4, 0.5) is 10.1 Å². The first-order chi connectivity index (χ1) is 9.72. The summed E-state index contributed by atoms with van der Waals surface area (Å²) in [7, 11) is 1.63. The van der Waals surface area contributed by atoms with Crippen LogP contribution in [0.2, 0.25) is 0 Å². The zero-order valence-corrected chi connectivity index (χ0v) is 11.8. The van der Waals surface area contributed by atoms with Crippen molar-refractivity contribution in [3.8, 4) is 0 Å². The predicted molar refractivity (Wildman–Crippen MR) is 74.0 cm³/mol. The first-order valence-electron chi connectivity index (χ1n) is 6.49. The Kier molecular flexibility index (Phi) is 8.90. The molecule has 0 aliphatic carbocycles. The van der Waals surface area contributed by atoms with Crippen LogP contribution in [0.25, 0.3) is 0 Å². The highest BCUT2D eigenvalue weighted by Crippen LogP contribution is 2.11. The molecule has 0 radical (unpaired) electrons. The summed E-state index contributed by atoms with van der Waals surface area (Å²) in [6, 6.07) is 4.37. The number of halogens is 1. The topological polar surface area (TPSA) is 62.9 Å². The van der Waals surface area contributed by atoms with E-state index in [1.165, 1.54) is 12.1 Å². The van der Waals surface area contributed by atoms with E-state index in [1.54, 1.807) is 13.2 Å². The Morgan fingerprint density at radius 1 is 0.900 bits per heavy atom. The van der Waals surface area contributed by atoms with Gasteiger partial charge in [0.25, 0.3) is 0 Å². The Hall–Kier alpha value is -1.21. The summed E-state index contributed by atoms with van der Waals surface area (Å²) in [5.41, 5.74) is 6.65. The van der Waals surface area contributed by atoms with E-state index in [0.29, 0.717) is 57.5 Å². The van der Waals surface area contributed by atoms with Crippen molar-refractivity contribution in [2.24, 2.45) is 0 Å². The van der Waals surface area contributed by atoms with Crippen molar-refractivity contribution in [3.63, 3.8) is 0 Å². The number of benzene rings is 1. The summed E-state index contributed by atoms with van der Waals surface area (Å²) in [6.07, 6.45) is 0. The number of rotatable bonds is 11. The molecule has 0 unspecified atom stereocenters. The smallest absolute Gasteiger partial charge is 0.125 e. The van der Waals surface area contributed by atoms with Gasteiger partial charge in [0.1, 0.15) is 5.82 Å². The molecule has 0 aliphatic heterocycles. The van der Waals surface area contributed by atoms with E-state index < -0.39 is 0 Å². The first-order valence-corrected chi connectivity index (χ1v) is 6.49. The first kappa shape index (κ1) is 16.8. The molecule has 0 heterocycles. The van der Waals surface area contributed by atoms with Crippen LogP contribution in [0.15, 0.2) is 18.2 Å². The van der Waals surface area contributed by atoms with Gasteiger partial charge in [-0.25, -0.2) is 4.39 Å². The van der Waals surface area contributed by atoms with Gasteiger partial charge in [-0.1, -0.05) is 0 Å². The maximum Gasteiger partial charge on any atom is 0.125 e. The van der Waals surface area contributed by atoms with Crippen molar-refractivity contribution < 1.29 is 23.3 Å². The van der Waals surface area contributed by atoms with Crippen LogP contribution in [0.3, 0.4) is 0 Å². The van der Waals surface area contributed by atoms with Crippen molar-refractivity contribution in [1.29, 1.82) is 0 Å². The number of hydrogen-bond acceptors (Lipinski definition) is 5. The predicted octanol–water partition coefficient (Wildman–Crippen LogP) is 1.60. The molecule has 0 amide bonds. The highest BCUT2D eigenvalue weighted by Gasteiger charge is 1.99. The third-order valence-electron chi connectivity index (χ3n) is 2.42. The second kappa shape index (κ2) is 10.6. The summed E-state index contributed by atoms with van der Waals surface area (Å²) < 4.78 is 33.8. The van der Waals surface area contributed by atoms with Gasteiger partial charge in [-0.2, -0.15) is 0 Å². The average Bonchev–Trinajstić information content (AvgIpc) is 2.40. The highest BCUT2D eigenvalue weighted by atomic mass is 19.1. The summed E-state index contributed by atoms with van der Waals surface area (Å²) in [6.45, 7) is 3.42. The minimum Gasteiger partial charge on any atom is -0.399 e. The Labute approximate surface area is 118 Å². The lowest BCUT2D eigenvalue weighted by atomic mass is 10.2. The summed E-state index contributed by atoms with van der Waals surface area (Å²) in [5.74, 6) is -0.354. The molecule has 1 rings (SSSR count). The molecular formula is C14H22FNO4. The van der Waals surface area contributed by atoms with Gasteiger partial charge < -0.3 is 24.7 Å². The van der Waals surface area contributed by atoms with Gasteiger partial charge in [0.15, 0.2) is 0 Å². The lowest BCUT2D eigenvalue weighted by Crippen LogP contribution is -2.11. The molecule has 114 valence electrons. The van der Waals surface area contributed by atoms with Crippen molar-refractivity contribution >= 4 is 5.69 Å². The van der Waals surface area contributed by atoms with Crippen molar-refractivity contribution in [2.45, 2.75) is 6.61 Å². The van der Waals surface area contributed by atoms with E-state index >= 15 is 0 Å². The largest absolute Gasteiger partial charge is 0.399 e. The van der Waals surface area contributed by atoms with Gasteiger partial charge >= 0.3 is 0 Å². The van der Waals surface area contributed by atoms with Gasteiger partial charge in [-0.3, -0.25) is 0 Å². The van der Waals surface area contributed by atoms with E-state index in [0.717, 1.165) is 0 Å². The van der Waals surface area contributed by atoms with E-state index in [4.69, 9.17) is 24.7 Å². The standard InChI is InChI=1S/C14H22FNO4/c1-17-2-3-18-4-5-19-6-7-20-11-12-8-13(15)10-14(16)9-12/h8-10H,2-7,11,16H2,1H3. The molecule has 0 atom stereocenters. The number of hydrogen-bond donors (Lipinski definition) is 1. The minimum absolute atomic E-state index is 0.315. The third kappa shape index (κ3) is 8.06. The van der Waals surface area contributed by atoms with Crippen LogP contribution >= 0.6 is 0 Å². The SMILES string of the molecule is COCCOCCOCCOCc1cc(N)cc(F)c1. The lowest BCUT2D eigenvalue weighted by molar-refractivity contribution is 0.000850. The fourth-order valence-electron chi connectivity index (χ4n) is 1.53. The van der Waals surface area contributed by atoms with Gasteiger partial charge in [-0.15, -0.1) is 0 Å². The van der Waals surface area contributed by atoms with Gasteiger partial charge in [0.05, 0.1) is 46.2 Å². The molecule has 0 saturated carbocycles. The zero-order valence-electron chi connectivity index (χ0n) is 11.8. The molecule has 0 spiro atoms. The Bertz CT molecular complexity index is 356. The molecule has 0 aliphatic rings. The molecule has 0 aromatic heterocycles. The normalized spacial score (nSPS) is 10.9. The van der Waals surface area contributed by atoms with Crippen molar-refractivity contribution in [2.75, 3.05) is 52.5 Å².